The van der Waals surface area contributed by atoms with Crippen molar-refractivity contribution in [2.75, 3.05) is 0 Å². The molecule has 4 aliphatic carbocycles. The molecule has 0 radical (unpaired) electrons. The Morgan fingerprint density at radius 3 is 2.74 bits per heavy atom. The molecule has 0 aromatic carbocycles. The minimum Gasteiger partial charge on any atom is -0.393 e. The van der Waals surface area contributed by atoms with E-state index in [1.807, 2.05) is 6.08 Å². The molecule has 6 atom stereocenters. The van der Waals surface area contributed by atoms with Gasteiger partial charge in [-0.15, -0.1) is 0 Å². The zero-order chi connectivity index (χ0) is 13.0. The Hall–Kier alpha value is -0.630. The summed E-state index contributed by atoms with van der Waals surface area (Å²) in [7, 11) is 0. The molecule has 2 nitrogen and oxygen atoms in total. The topological polar surface area (TPSA) is 37.3 Å². The van der Waals surface area contributed by atoms with Crippen molar-refractivity contribution < 1.29 is 9.90 Å². The third-order valence-corrected chi connectivity index (χ3v) is 6.50. The largest absolute Gasteiger partial charge is 0.393 e. The number of hydrogen-bond acceptors (Lipinski definition) is 2. The van der Waals surface area contributed by atoms with Crippen LogP contribution in [0.15, 0.2) is 11.6 Å². The summed E-state index contributed by atoms with van der Waals surface area (Å²) >= 11 is 0. The van der Waals surface area contributed by atoms with E-state index in [0.717, 1.165) is 55.8 Å². The van der Waals surface area contributed by atoms with Crippen LogP contribution in [0.5, 0.6) is 0 Å². The number of fused-ring (bicyclic) bond motifs is 5. The first-order chi connectivity index (χ1) is 9.22. The van der Waals surface area contributed by atoms with E-state index < -0.39 is 0 Å². The average molecular weight is 260 g/mol. The lowest BCUT2D eigenvalue weighted by Crippen LogP contribution is -2.40. The molecule has 0 aromatic rings. The molecule has 3 fully saturated rings. The van der Waals surface area contributed by atoms with Gasteiger partial charge in [-0.2, -0.15) is 0 Å². The van der Waals surface area contributed by atoms with Crippen LogP contribution in [0, 0.1) is 29.6 Å². The third-order valence-electron chi connectivity index (χ3n) is 6.50. The van der Waals surface area contributed by atoms with Crippen LogP contribution < -0.4 is 0 Å². The first-order valence-corrected chi connectivity index (χ1v) is 8.13. The summed E-state index contributed by atoms with van der Waals surface area (Å²) in [5.74, 6) is 4.30. The Morgan fingerprint density at radius 1 is 0.947 bits per heavy atom. The molecular formula is C17H24O2. The van der Waals surface area contributed by atoms with Crippen molar-refractivity contribution in [3.8, 4) is 0 Å². The van der Waals surface area contributed by atoms with Crippen molar-refractivity contribution in [2.45, 2.75) is 57.5 Å². The normalized spacial score (nSPS) is 49.1. The second kappa shape index (κ2) is 4.44. The molecule has 1 unspecified atom stereocenters. The maximum absolute atomic E-state index is 11.6. The van der Waals surface area contributed by atoms with Crippen LogP contribution in [0.4, 0.5) is 0 Å². The molecule has 104 valence electrons. The van der Waals surface area contributed by atoms with Crippen molar-refractivity contribution in [3.05, 3.63) is 11.6 Å². The molecule has 0 aromatic heterocycles. The summed E-state index contributed by atoms with van der Waals surface area (Å²) in [5.41, 5.74) is 1.47. The van der Waals surface area contributed by atoms with Crippen molar-refractivity contribution in [1.82, 2.24) is 0 Å². The summed E-state index contributed by atoms with van der Waals surface area (Å²) < 4.78 is 0. The van der Waals surface area contributed by atoms with Gasteiger partial charge in [0.2, 0.25) is 0 Å². The van der Waals surface area contributed by atoms with Gasteiger partial charge in [-0.05, 0) is 80.6 Å². The van der Waals surface area contributed by atoms with E-state index in [0.29, 0.717) is 11.7 Å². The number of allylic oxidation sites excluding steroid dienone is 1. The lowest BCUT2D eigenvalue weighted by Gasteiger charge is -2.49. The fourth-order valence-corrected chi connectivity index (χ4v) is 5.80. The molecule has 4 rings (SSSR count). The summed E-state index contributed by atoms with van der Waals surface area (Å²) in [5, 5.41) is 9.96. The fourth-order valence-electron chi connectivity index (χ4n) is 5.80. The minimum absolute atomic E-state index is 0.0291. The number of aliphatic hydroxyl groups excluding tert-OH is 1. The Balaban J connectivity index is 1.59. The molecule has 1 N–H and O–H groups in total. The molecule has 4 aliphatic rings. The first kappa shape index (κ1) is 12.1. The number of ketones is 1. The average Bonchev–Trinajstić information content (AvgIpc) is 2.78. The van der Waals surface area contributed by atoms with Gasteiger partial charge in [0.1, 0.15) is 0 Å². The fraction of sp³-hybridized carbons (Fsp3) is 0.824. The van der Waals surface area contributed by atoms with E-state index >= 15 is 0 Å². The molecule has 0 saturated heterocycles. The highest BCUT2D eigenvalue weighted by molar-refractivity contribution is 5.91. The van der Waals surface area contributed by atoms with Gasteiger partial charge in [0, 0.05) is 6.42 Å². The molecule has 0 amide bonds. The van der Waals surface area contributed by atoms with E-state index in [2.05, 4.69) is 0 Å². The van der Waals surface area contributed by atoms with Crippen LogP contribution in [-0.4, -0.2) is 17.0 Å². The number of carbonyl (C=O) groups excluding carboxylic acids is 1. The third kappa shape index (κ3) is 1.91. The van der Waals surface area contributed by atoms with Crippen LogP contribution >= 0.6 is 0 Å². The summed E-state index contributed by atoms with van der Waals surface area (Å²) in [4.78, 5) is 11.6. The Kier molecular flexibility index (Phi) is 2.84. The summed E-state index contributed by atoms with van der Waals surface area (Å²) in [6.45, 7) is 0. The molecule has 0 aliphatic heterocycles. The van der Waals surface area contributed by atoms with Crippen LogP contribution in [0.2, 0.25) is 0 Å². The second-order valence-electron chi connectivity index (χ2n) is 7.32. The van der Waals surface area contributed by atoms with Gasteiger partial charge in [0.05, 0.1) is 6.10 Å². The Bertz CT molecular complexity index is 425. The SMILES string of the molecule is O=C1C=C2CC[C@H]3[C@@H]4CC(O)C[C@H]4CC[C@@H]3[C@H]2CC1. The van der Waals surface area contributed by atoms with Crippen LogP contribution in [0.3, 0.4) is 0 Å². The minimum atomic E-state index is -0.0291. The maximum atomic E-state index is 11.6. The second-order valence-corrected chi connectivity index (χ2v) is 7.32. The van der Waals surface area contributed by atoms with Crippen molar-refractivity contribution in [2.24, 2.45) is 29.6 Å². The van der Waals surface area contributed by atoms with Gasteiger partial charge in [0.15, 0.2) is 5.78 Å². The first-order valence-electron chi connectivity index (χ1n) is 8.13. The predicted octanol–water partition coefficient (Wildman–Crippen LogP) is 3.10. The molecular weight excluding hydrogens is 236 g/mol. The van der Waals surface area contributed by atoms with Gasteiger partial charge in [-0.1, -0.05) is 5.57 Å². The van der Waals surface area contributed by atoms with Crippen molar-refractivity contribution >= 4 is 5.78 Å². The molecule has 3 saturated carbocycles. The van der Waals surface area contributed by atoms with Gasteiger partial charge in [-0.25, -0.2) is 0 Å². The Morgan fingerprint density at radius 2 is 1.84 bits per heavy atom. The predicted molar refractivity (Wildman–Crippen MR) is 73.5 cm³/mol. The van der Waals surface area contributed by atoms with Crippen LogP contribution in [0.1, 0.15) is 51.4 Å². The van der Waals surface area contributed by atoms with E-state index in [-0.39, 0.29) is 6.10 Å². The monoisotopic (exact) mass is 260 g/mol. The van der Waals surface area contributed by atoms with Gasteiger partial charge < -0.3 is 5.11 Å². The van der Waals surface area contributed by atoms with Gasteiger partial charge in [0.25, 0.3) is 0 Å². The number of carbonyl (C=O) groups is 1. The number of hydrogen-bond donors (Lipinski definition) is 1. The van der Waals surface area contributed by atoms with E-state index in [4.69, 9.17) is 0 Å². The maximum Gasteiger partial charge on any atom is 0.155 e. The molecule has 0 bridgehead atoms. The highest BCUT2D eigenvalue weighted by atomic mass is 16.3. The Labute approximate surface area is 115 Å². The lowest BCUT2D eigenvalue weighted by molar-refractivity contribution is -0.115. The molecule has 0 heterocycles. The highest BCUT2D eigenvalue weighted by Gasteiger charge is 2.49. The summed E-state index contributed by atoms with van der Waals surface area (Å²) in [6, 6.07) is 0. The summed E-state index contributed by atoms with van der Waals surface area (Å²) in [6.07, 6.45) is 11.0. The van der Waals surface area contributed by atoms with Crippen molar-refractivity contribution in [3.63, 3.8) is 0 Å². The quantitative estimate of drug-likeness (QED) is 0.726. The zero-order valence-corrected chi connectivity index (χ0v) is 11.6. The molecule has 2 heteroatoms. The zero-order valence-electron chi connectivity index (χ0n) is 11.6. The smallest absolute Gasteiger partial charge is 0.155 e. The lowest BCUT2D eigenvalue weighted by atomic mass is 9.56. The van der Waals surface area contributed by atoms with E-state index in [1.54, 1.807) is 0 Å². The van der Waals surface area contributed by atoms with E-state index in [1.165, 1.54) is 24.8 Å². The van der Waals surface area contributed by atoms with E-state index in [9.17, 15) is 9.90 Å². The standard InChI is InChI=1S/C17H24O2/c18-12-3-6-14-10(7-12)1-5-16-15(14)4-2-11-8-13(19)9-17(11)16/h7,11,13-17,19H,1-6,8-9H2/t11-,13?,14+,15-,16-,17-/m1/s1. The molecule has 19 heavy (non-hydrogen) atoms. The van der Waals surface area contributed by atoms with Crippen molar-refractivity contribution in [1.29, 1.82) is 0 Å². The van der Waals surface area contributed by atoms with Crippen LogP contribution in [-0.2, 0) is 4.79 Å². The molecule has 0 spiro atoms. The highest BCUT2D eigenvalue weighted by Crippen LogP contribution is 2.56. The van der Waals surface area contributed by atoms with Gasteiger partial charge >= 0.3 is 0 Å². The van der Waals surface area contributed by atoms with Gasteiger partial charge in [-0.3, -0.25) is 4.79 Å². The number of rotatable bonds is 0. The van der Waals surface area contributed by atoms with Crippen LogP contribution in [0.25, 0.3) is 0 Å². The number of aliphatic hydroxyl groups is 1.